The molecule has 6 nitrogen and oxygen atoms in total. The van der Waals surface area contributed by atoms with E-state index in [1.54, 1.807) is 36.6 Å². The molecule has 0 radical (unpaired) electrons. The van der Waals surface area contributed by atoms with Crippen molar-refractivity contribution in [1.29, 1.82) is 0 Å². The van der Waals surface area contributed by atoms with E-state index in [4.69, 9.17) is 8.94 Å². The summed E-state index contributed by atoms with van der Waals surface area (Å²) < 4.78 is 11.8. The summed E-state index contributed by atoms with van der Waals surface area (Å²) in [6, 6.07) is 9.34. The summed E-state index contributed by atoms with van der Waals surface area (Å²) in [5.74, 6) is 0.470. The largest absolute Gasteiger partial charge is 0.419 e. The Morgan fingerprint density at radius 3 is 3.00 bits per heavy atom. The molecule has 0 spiro atoms. The molecule has 4 aromatic rings. The van der Waals surface area contributed by atoms with E-state index in [0.29, 0.717) is 17.3 Å². The molecule has 114 valence electrons. The molecule has 7 heteroatoms. The fourth-order valence-corrected chi connectivity index (χ4v) is 2.85. The maximum Gasteiger partial charge on any atom is 0.419 e. The first-order valence-electron chi connectivity index (χ1n) is 6.86. The molecular formula is C16H11N3O3S. The van der Waals surface area contributed by atoms with Gasteiger partial charge in [0.05, 0.1) is 5.52 Å². The van der Waals surface area contributed by atoms with Gasteiger partial charge in [0.15, 0.2) is 5.58 Å². The lowest BCUT2D eigenvalue weighted by molar-refractivity contribution is 0.411. The Kier molecular flexibility index (Phi) is 3.20. The molecule has 0 fully saturated rings. The van der Waals surface area contributed by atoms with Gasteiger partial charge in [-0.1, -0.05) is 11.2 Å². The number of aromatic nitrogens is 3. The molecule has 3 heterocycles. The van der Waals surface area contributed by atoms with Gasteiger partial charge in [-0.2, -0.15) is 4.98 Å². The van der Waals surface area contributed by atoms with E-state index in [1.807, 2.05) is 29.7 Å². The van der Waals surface area contributed by atoms with E-state index < -0.39 is 5.76 Å². The second kappa shape index (κ2) is 5.36. The third-order valence-corrected chi connectivity index (χ3v) is 4.26. The highest BCUT2D eigenvalue weighted by Crippen LogP contribution is 2.22. The maximum atomic E-state index is 11.5. The average Bonchev–Trinajstić information content (AvgIpc) is 3.27. The third kappa shape index (κ3) is 2.51. The lowest BCUT2D eigenvalue weighted by Gasteiger charge is -1.94. The zero-order valence-corrected chi connectivity index (χ0v) is 12.9. The molecule has 0 aliphatic heterocycles. The molecule has 0 atom stereocenters. The molecule has 1 aromatic carbocycles. The number of hydrogen-bond acceptors (Lipinski definition) is 6. The van der Waals surface area contributed by atoms with Crippen LogP contribution in [0.5, 0.6) is 0 Å². The summed E-state index contributed by atoms with van der Waals surface area (Å²) in [5.41, 5.74) is 1.95. The summed E-state index contributed by atoms with van der Waals surface area (Å²) in [6.45, 7) is 0. The monoisotopic (exact) mass is 325 g/mol. The first kappa shape index (κ1) is 13.7. The summed E-state index contributed by atoms with van der Waals surface area (Å²) in [7, 11) is 1.66. The highest BCUT2D eigenvalue weighted by Gasteiger charge is 2.11. The number of oxazole rings is 1. The summed E-state index contributed by atoms with van der Waals surface area (Å²) in [6.07, 6.45) is 3.69. The fraction of sp³-hybridized carbons (Fsp3) is 0.0625. The topological polar surface area (TPSA) is 74.1 Å². The quantitative estimate of drug-likeness (QED) is 0.577. The Labute approximate surface area is 134 Å². The van der Waals surface area contributed by atoms with Crippen molar-refractivity contribution >= 4 is 34.6 Å². The van der Waals surface area contributed by atoms with Crippen molar-refractivity contribution in [2.75, 3.05) is 0 Å². The Morgan fingerprint density at radius 2 is 2.17 bits per heavy atom. The van der Waals surface area contributed by atoms with Crippen LogP contribution in [0.15, 0.2) is 49.4 Å². The van der Waals surface area contributed by atoms with Gasteiger partial charge in [0, 0.05) is 23.6 Å². The van der Waals surface area contributed by atoms with Gasteiger partial charge in [-0.3, -0.25) is 4.57 Å². The van der Waals surface area contributed by atoms with Crippen molar-refractivity contribution in [3.63, 3.8) is 0 Å². The predicted octanol–water partition coefficient (Wildman–Crippen LogP) is 3.41. The van der Waals surface area contributed by atoms with Gasteiger partial charge in [0.2, 0.25) is 5.82 Å². The van der Waals surface area contributed by atoms with Crippen molar-refractivity contribution < 1.29 is 8.94 Å². The number of rotatable bonds is 3. The van der Waals surface area contributed by atoms with Crippen LogP contribution in [0.3, 0.4) is 0 Å². The minimum atomic E-state index is -0.398. The van der Waals surface area contributed by atoms with E-state index in [0.717, 1.165) is 16.0 Å². The molecule has 0 amide bonds. The van der Waals surface area contributed by atoms with Crippen LogP contribution >= 0.6 is 11.3 Å². The standard InChI is InChI=1S/C16H11N3O3S/c1-19-12-6-4-10(9-13(12)21-16(19)20)15-17-14(22-18-15)7-5-11-3-2-8-23-11/h2-9H,1H3. The van der Waals surface area contributed by atoms with Crippen LogP contribution in [0, 0.1) is 0 Å². The third-order valence-electron chi connectivity index (χ3n) is 3.43. The summed E-state index contributed by atoms with van der Waals surface area (Å²) in [4.78, 5) is 17.0. The number of fused-ring (bicyclic) bond motifs is 1. The smallest absolute Gasteiger partial charge is 0.408 e. The SMILES string of the molecule is Cn1c(=O)oc2cc(-c3noc(C=Cc4cccs4)n3)ccc21. The molecule has 0 unspecified atom stereocenters. The predicted molar refractivity (Wildman–Crippen MR) is 88.0 cm³/mol. The number of aryl methyl sites for hydroxylation is 1. The highest BCUT2D eigenvalue weighted by atomic mass is 32.1. The van der Waals surface area contributed by atoms with Crippen LogP contribution < -0.4 is 5.76 Å². The van der Waals surface area contributed by atoms with Crippen molar-refractivity contribution in [2.45, 2.75) is 0 Å². The molecular weight excluding hydrogens is 314 g/mol. The van der Waals surface area contributed by atoms with Crippen molar-refractivity contribution in [2.24, 2.45) is 7.05 Å². The zero-order valence-electron chi connectivity index (χ0n) is 12.1. The minimum Gasteiger partial charge on any atom is -0.408 e. The average molecular weight is 325 g/mol. The number of thiophene rings is 1. The van der Waals surface area contributed by atoms with E-state index >= 15 is 0 Å². The molecule has 0 N–H and O–H groups in total. The molecule has 23 heavy (non-hydrogen) atoms. The molecule has 4 rings (SSSR count). The lowest BCUT2D eigenvalue weighted by atomic mass is 10.2. The van der Waals surface area contributed by atoms with Gasteiger partial charge < -0.3 is 8.94 Å². The molecule has 0 bridgehead atoms. The molecule has 0 aliphatic rings. The Bertz CT molecular complexity index is 1050. The van der Waals surface area contributed by atoms with E-state index in [1.165, 1.54) is 4.57 Å². The minimum absolute atomic E-state index is 0.398. The fourth-order valence-electron chi connectivity index (χ4n) is 2.23. The Morgan fingerprint density at radius 1 is 1.26 bits per heavy atom. The first-order valence-corrected chi connectivity index (χ1v) is 7.74. The van der Waals surface area contributed by atoms with Crippen LogP contribution in [0.1, 0.15) is 10.8 Å². The number of nitrogens with zero attached hydrogens (tertiary/aromatic N) is 3. The molecule has 0 saturated heterocycles. The second-order valence-corrected chi connectivity index (χ2v) is 5.89. The van der Waals surface area contributed by atoms with Crippen LogP contribution in [0.2, 0.25) is 0 Å². The maximum absolute atomic E-state index is 11.5. The van der Waals surface area contributed by atoms with Gasteiger partial charge in [0.25, 0.3) is 5.89 Å². The Hall–Kier alpha value is -2.93. The summed E-state index contributed by atoms with van der Waals surface area (Å²) >= 11 is 1.63. The van der Waals surface area contributed by atoms with E-state index in [-0.39, 0.29) is 0 Å². The highest BCUT2D eigenvalue weighted by molar-refractivity contribution is 7.10. The zero-order chi connectivity index (χ0) is 15.8. The summed E-state index contributed by atoms with van der Waals surface area (Å²) in [5, 5.41) is 5.96. The van der Waals surface area contributed by atoms with Gasteiger partial charge in [-0.05, 0) is 35.7 Å². The normalized spacial score (nSPS) is 11.7. The number of benzene rings is 1. The van der Waals surface area contributed by atoms with Crippen LogP contribution in [0.4, 0.5) is 0 Å². The van der Waals surface area contributed by atoms with Crippen LogP contribution in [-0.4, -0.2) is 14.7 Å². The molecule has 3 aromatic heterocycles. The lowest BCUT2D eigenvalue weighted by Crippen LogP contribution is -2.08. The van der Waals surface area contributed by atoms with Gasteiger partial charge >= 0.3 is 5.76 Å². The Balaban J connectivity index is 1.67. The van der Waals surface area contributed by atoms with Crippen molar-refractivity contribution in [3.05, 3.63) is 57.0 Å². The molecule has 0 aliphatic carbocycles. The van der Waals surface area contributed by atoms with Crippen LogP contribution in [0.25, 0.3) is 34.6 Å². The second-order valence-electron chi connectivity index (χ2n) is 4.91. The van der Waals surface area contributed by atoms with Crippen molar-refractivity contribution in [1.82, 2.24) is 14.7 Å². The molecule has 0 saturated carbocycles. The van der Waals surface area contributed by atoms with Gasteiger partial charge in [-0.25, -0.2) is 4.79 Å². The van der Waals surface area contributed by atoms with E-state index in [9.17, 15) is 4.79 Å². The van der Waals surface area contributed by atoms with E-state index in [2.05, 4.69) is 10.1 Å². The van der Waals surface area contributed by atoms with Crippen LogP contribution in [-0.2, 0) is 7.05 Å². The number of hydrogen-bond donors (Lipinski definition) is 0. The van der Waals surface area contributed by atoms with Gasteiger partial charge in [0.1, 0.15) is 0 Å². The van der Waals surface area contributed by atoms with Gasteiger partial charge in [-0.15, -0.1) is 11.3 Å². The van der Waals surface area contributed by atoms with Crippen molar-refractivity contribution in [3.8, 4) is 11.4 Å². The first-order chi connectivity index (χ1) is 11.2.